The third-order valence-electron chi connectivity index (χ3n) is 3.52. The van der Waals surface area contributed by atoms with Gasteiger partial charge in [-0.1, -0.05) is 31.2 Å². The SMILES string of the molecule is CCc1ccccc1CN1CCC[C@H]1C(=O)O. The third kappa shape index (κ3) is 2.67. The zero-order valence-electron chi connectivity index (χ0n) is 10.2. The predicted octanol–water partition coefficient (Wildman–Crippen LogP) is 2.30. The summed E-state index contributed by atoms with van der Waals surface area (Å²) in [6, 6.07) is 8.01. The number of carboxylic acid groups (broad SMARTS) is 1. The van der Waals surface area contributed by atoms with E-state index in [0.29, 0.717) is 0 Å². The number of nitrogens with zero attached hydrogens (tertiary/aromatic N) is 1. The third-order valence-corrected chi connectivity index (χ3v) is 3.52. The van der Waals surface area contributed by atoms with Crippen molar-refractivity contribution in [1.82, 2.24) is 4.90 Å². The van der Waals surface area contributed by atoms with Gasteiger partial charge in [0.05, 0.1) is 0 Å². The van der Waals surface area contributed by atoms with E-state index in [0.717, 1.165) is 32.4 Å². The van der Waals surface area contributed by atoms with Crippen molar-refractivity contribution in [2.75, 3.05) is 6.54 Å². The van der Waals surface area contributed by atoms with Gasteiger partial charge in [0.2, 0.25) is 0 Å². The van der Waals surface area contributed by atoms with E-state index in [-0.39, 0.29) is 6.04 Å². The molecule has 1 aliphatic rings. The molecule has 1 fully saturated rings. The Morgan fingerprint density at radius 2 is 2.12 bits per heavy atom. The lowest BCUT2D eigenvalue weighted by Gasteiger charge is -2.22. The first-order valence-corrected chi connectivity index (χ1v) is 6.26. The van der Waals surface area contributed by atoms with Gasteiger partial charge in [0.15, 0.2) is 0 Å². The zero-order valence-corrected chi connectivity index (χ0v) is 10.2. The fourth-order valence-electron chi connectivity index (χ4n) is 2.57. The number of hydrogen-bond donors (Lipinski definition) is 1. The normalized spacial score (nSPS) is 20.6. The van der Waals surface area contributed by atoms with Gasteiger partial charge in [0, 0.05) is 6.54 Å². The average molecular weight is 233 g/mol. The van der Waals surface area contributed by atoms with Crippen molar-refractivity contribution >= 4 is 5.97 Å². The summed E-state index contributed by atoms with van der Waals surface area (Å²) in [6.07, 6.45) is 2.77. The highest BCUT2D eigenvalue weighted by Gasteiger charge is 2.30. The largest absolute Gasteiger partial charge is 0.480 e. The van der Waals surface area contributed by atoms with Crippen molar-refractivity contribution in [3.05, 3.63) is 35.4 Å². The quantitative estimate of drug-likeness (QED) is 0.867. The Morgan fingerprint density at radius 1 is 1.41 bits per heavy atom. The topological polar surface area (TPSA) is 40.5 Å². The molecule has 92 valence electrons. The molecule has 1 atom stereocenters. The Hall–Kier alpha value is -1.35. The van der Waals surface area contributed by atoms with Gasteiger partial charge < -0.3 is 5.11 Å². The van der Waals surface area contributed by atoms with Crippen LogP contribution in [0.2, 0.25) is 0 Å². The number of rotatable bonds is 4. The van der Waals surface area contributed by atoms with Crippen LogP contribution in [0.15, 0.2) is 24.3 Å². The Kier molecular flexibility index (Phi) is 3.79. The highest BCUT2D eigenvalue weighted by Crippen LogP contribution is 2.21. The molecule has 1 saturated heterocycles. The number of likely N-dealkylation sites (tertiary alicyclic amines) is 1. The first-order chi connectivity index (χ1) is 8.22. The fourth-order valence-corrected chi connectivity index (χ4v) is 2.57. The predicted molar refractivity (Wildman–Crippen MR) is 66.9 cm³/mol. The van der Waals surface area contributed by atoms with E-state index >= 15 is 0 Å². The molecule has 0 amide bonds. The molecule has 3 nitrogen and oxygen atoms in total. The highest BCUT2D eigenvalue weighted by molar-refractivity contribution is 5.73. The van der Waals surface area contributed by atoms with E-state index in [4.69, 9.17) is 5.11 Å². The summed E-state index contributed by atoms with van der Waals surface area (Å²) < 4.78 is 0. The molecular formula is C14H19NO2. The summed E-state index contributed by atoms with van der Waals surface area (Å²) in [7, 11) is 0. The van der Waals surface area contributed by atoms with Crippen molar-refractivity contribution in [3.63, 3.8) is 0 Å². The van der Waals surface area contributed by atoms with Gasteiger partial charge in [-0.25, -0.2) is 0 Å². The standard InChI is InChI=1S/C14H19NO2/c1-2-11-6-3-4-7-12(11)10-15-9-5-8-13(15)14(16)17/h3-4,6-7,13H,2,5,8-10H2,1H3,(H,16,17)/t13-/m0/s1. The molecule has 1 aromatic rings. The second-order valence-corrected chi connectivity index (χ2v) is 4.59. The Balaban J connectivity index is 2.12. The van der Waals surface area contributed by atoms with Crippen LogP contribution in [0.5, 0.6) is 0 Å². The maximum atomic E-state index is 11.1. The molecule has 17 heavy (non-hydrogen) atoms. The first kappa shape index (κ1) is 12.1. The summed E-state index contributed by atoms with van der Waals surface area (Å²) in [5.74, 6) is -0.684. The smallest absolute Gasteiger partial charge is 0.320 e. The molecule has 2 rings (SSSR count). The average Bonchev–Trinajstić information content (AvgIpc) is 2.78. The summed E-state index contributed by atoms with van der Waals surface area (Å²) >= 11 is 0. The molecule has 1 heterocycles. The minimum Gasteiger partial charge on any atom is -0.480 e. The maximum absolute atomic E-state index is 11.1. The van der Waals surface area contributed by atoms with E-state index in [1.54, 1.807) is 0 Å². The number of aliphatic carboxylic acids is 1. The summed E-state index contributed by atoms with van der Waals surface area (Å²) in [5, 5.41) is 9.15. The molecule has 0 aromatic heterocycles. The molecule has 1 N–H and O–H groups in total. The van der Waals surface area contributed by atoms with Crippen LogP contribution < -0.4 is 0 Å². The van der Waals surface area contributed by atoms with Gasteiger partial charge in [0.25, 0.3) is 0 Å². The Morgan fingerprint density at radius 3 is 2.76 bits per heavy atom. The fraction of sp³-hybridized carbons (Fsp3) is 0.500. The monoisotopic (exact) mass is 233 g/mol. The zero-order chi connectivity index (χ0) is 12.3. The minimum absolute atomic E-state index is 0.292. The van der Waals surface area contributed by atoms with Gasteiger partial charge >= 0.3 is 5.97 Å². The van der Waals surface area contributed by atoms with Crippen LogP contribution in [0.1, 0.15) is 30.9 Å². The van der Waals surface area contributed by atoms with Gasteiger partial charge in [-0.3, -0.25) is 9.69 Å². The summed E-state index contributed by atoms with van der Waals surface area (Å²) in [6.45, 7) is 3.80. The lowest BCUT2D eigenvalue weighted by Crippen LogP contribution is -2.35. The number of carbonyl (C=O) groups is 1. The molecule has 0 bridgehead atoms. The summed E-state index contributed by atoms with van der Waals surface area (Å²) in [4.78, 5) is 13.2. The Bertz CT molecular complexity index is 403. The number of aryl methyl sites for hydroxylation is 1. The molecule has 0 aliphatic carbocycles. The second-order valence-electron chi connectivity index (χ2n) is 4.59. The molecule has 3 heteroatoms. The Labute approximate surface area is 102 Å². The van der Waals surface area contributed by atoms with E-state index in [1.165, 1.54) is 11.1 Å². The van der Waals surface area contributed by atoms with Gasteiger partial charge in [-0.2, -0.15) is 0 Å². The molecule has 1 aromatic carbocycles. The molecule has 1 aliphatic heterocycles. The van der Waals surface area contributed by atoms with Crippen LogP contribution in [0.4, 0.5) is 0 Å². The van der Waals surface area contributed by atoms with Crippen molar-refractivity contribution in [1.29, 1.82) is 0 Å². The molecule has 0 spiro atoms. The molecule has 0 unspecified atom stereocenters. The lowest BCUT2D eigenvalue weighted by atomic mass is 10.0. The van der Waals surface area contributed by atoms with E-state index in [9.17, 15) is 4.79 Å². The van der Waals surface area contributed by atoms with E-state index < -0.39 is 5.97 Å². The van der Waals surface area contributed by atoms with Crippen molar-refractivity contribution in [3.8, 4) is 0 Å². The molecule has 0 radical (unpaired) electrons. The van der Waals surface area contributed by atoms with Gasteiger partial charge in [-0.05, 0) is 36.9 Å². The molecule has 0 saturated carbocycles. The van der Waals surface area contributed by atoms with Gasteiger partial charge in [-0.15, -0.1) is 0 Å². The molecular weight excluding hydrogens is 214 g/mol. The van der Waals surface area contributed by atoms with Crippen molar-refractivity contribution in [2.45, 2.75) is 38.8 Å². The number of benzene rings is 1. The van der Waals surface area contributed by atoms with Crippen molar-refractivity contribution < 1.29 is 9.90 Å². The number of hydrogen-bond acceptors (Lipinski definition) is 2. The van der Waals surface area contributed by atoms with Crippen LogP contribution in [0.25, 0.3) is 0 Å². The van der Waals surface area contributed by atoms with Crippen LogP contribution in [0, 0.1) is 0 Å². The van der Waals surface area contributed by atoms with Crippen LogP contribution in [-0.2, 0) is 17.8 Å². The van der Waals surface area contributed by atoms with Crippen LogP contribution in [0.3, 0.4) is 0 Å². The maximum Gasteiger partial charge on any atom is 0.320 e. The van der Waals surface area contributed by atoms with E-state index in [1.807, 2.05) is 12.1 Å². The minimum atomic E-state index is -0.684. The number of carboxylic acids is 1. The first-order valence-electron chi connectivity index (χ1n) is 6.26. The lowest BCUT2D eigenvalue weighted by molar-refractivity contribution is -0.142. The van der Waals surface area contributed by atoms with Crippen molar-refractivity contribution in [2.24, 2.45) is 0 Å². The summed E-state index contributed by atoms with van der Waals surface area (Å²) in [5.41, 5.74) is 2.59. The van der Waals surface area contributed by atoms with Crippen LogP contribution in [-0.4, -0.2) is 28.6 Å². The van der Waals surface area contributed by atoms with Crippen LogP contribution >= 0.6 is 0 Å². The van der Waals surface area contributed by atoms with E-state index in [2.05, 4.69) is 24.0 Å². The van der Waals surface area contributed by atoms with Gasteiger partial charge in [0.1, 0.15) is 6.04 Å². The second kappa shape index (κ2) is 5.32. The highest BCUT2D eigenvalue weighted by atomic mass is 16.4.